The van der Waals surface area contributed by atoms with E-state index in [-0.39, 0.29) is 38.3 Å². The molecule has 0 saturated carbocycles. The van der Waals surface area contributed by atoms with Crippen molar-refractivity contribution in [1.82, 2.24) is 41.2 Å². The molecule has 1 fully saturated rings. The summed E-state index contributed by atoms with van der Waals surface area (Å²) in [6.45, 7) is 3.38. The highest BCUT2D eigenvalue weighted by molar-refractivity contribution is 5.96. The van der Waals surface area contributed by atoms with Crippen LogP contribution >= 0.6 is 0 Å². The third-order valence-corrected chi connectivity index (χ3v) is 8.63. The van der Waals surface area contributed by atoms with E-state index in [1.54, 1.807) is 80.3 Å². The third-order valence-electron chi connectivity index (χ3n) is 8.63. The number of fused-ring (bicyclic) bond motifs is 9. The van der Waals surface area contributed by atoms with Crippen molar-refractivity contribution in [3.63, 3.8) is 0 Å². The third kappa shape index (κ3) is 8.15. The number of hydrogen-bond donors (Lipinski definition) is 5. The van der Waals surface area contributed by atoms with Crippen molar-refractivity contribution in [2.75, 3.05) is 13.6 Å². The Morgan fingerprint density at radius 2 is 1.75 bits per heavy atom. The number of benzene rings is 2. The number of ether oxygens (including phenoxy) is 1. The zero-order valence-corrected chi connectivity index (χ0v) is 27.0. The summed E-state index contributed by atoms with van der Waals surface area (Å²) in [7, 11) is 1.63. The molecule has 1 saturated heterocycles. The van der Waals surface area contributed by atoms with E-state index in [2.05, 4.69) is 31.6 Å². The Labute approximate surface area is 277 Å². The van der Waals surface area contributed by atoms with Crippen molar-refractivity contribution < 1.29 is 33.8 Å². The maximum absolute atomic E-state index is 14.1. The Balaban J connectivity index is 1.48. The number of carboxylic acid groups (broad SMARTS) is 1. The van der Waals surface area contributed by atoms with E-state index < -0.39 is 59.9 Å². The fourth-order valence-corrected chi connectivity index (χ4v) is 5.75. The van der Waals surface area contributed by atoms with Gasteiger partial charge in [0.1, 0.15) is 42.2 Å². The van der Waals surface area contributed by atoms with Crippen LogP contribution in [0.25, 0.3) is 0 Å². The van der Waals surface area contributed by atoms with Crippen LogP contribution in [0, 0.1) is 0 Å². The highest BCUT2D eigenvalue weighted by atomic mass is 16.5. The first kappa shape index (κ1) is 34.0. The lowest BCUT2D eigenvalue weighted by Gasteiger charge is -2.29. The molecule has 1 aromatic heterocycles. The van der Waals surface area contributed by atoms with Gasteiger partial charge in [0.15, 0.2) is 0 Å². The summed E-state index contributed by atoms with van der Waals surface area (Å²) in [5, 5.41) is 29.4. The molecule has 0 radical (unpaired) electrons. The van der Waals surface area contributed by atoms with E-state index in [4.69, 9.17) is 4.74 Å². The van der Waals surface area contributed by atoms with Gasteiger partial charge in [-0.1, -0.05) is 47.7 Å². The molecule has 6 bridgehead atoms. The number of rotatable bonds is 7. The zero-order valence-electron chi connectivity index (χ0n) is 27.0. The van der Waals surface area contributed by atoms with Gasteiger partial charge in [-0.15, -0.1) is 5.10 Å². The summed E-state index contributed by atoms with van der Waals surface area (Å²) >= 11 is 0. The van der Waals surface area contributed by atoms with E-state index in [1.807, 2.05) is 6.07 Å². The number of nitrogens with one attached hydrogen (secondary N) is 4. The van der Waals surface area contributed by atoms with Gasteiger partial charge in [-0.05, 0) is 44.2 Å². The van der Waals surface area contributed by atoms with Crippen LogP contribution in [0.2, 0.25) is 0 Å². The molecule has 15 nitrogen and oxygen atoms in total. The fourth-order valence-electron chi connectivity index (χ4n) is 5.75. The van der Waals surface area contributed by atoms with Crippen LogP contribution in [0.15, 0.2) is 60.8 Å². The number of likely N-dealkylation sites (tertiary alicyclic amines) is 1. The summed E-state index contributed by atoms with van der Waals surface area (Å²) in [6.07, 6.45) is 1.90. The summed E-state index contributed by atoms with van der Waals surface area (Å²) in [4.78, 5) is 67.8. The SMILES string of the molecule is CN[C@@H](C)C(=O)N[C@@H](C)C(=O)N1C[C@@H]2C[C@H]1C(=O)N[C@@H](Cc1ccccc1)C(=O)NC(C(=O)O)Cc1ccc(cc1)OCc1cn2nn1. The minimum atomic E-state index is -1.28. The minimum absolute atomic E-state index is 0.00988. The molecule has 6 rings (SSSR count). The molecule has 254 valence electrons. The highest BCUT2D eigenvalue weighted by Gasteiger charge is 2.43. The molecule has 0 aliphatic carbocycles. The van der Waals surface area contributed by atoms with Crippen molar-refractivity contribution in [2.24, 2.45) is 0 Å². The molecule has 3 aromatic rings. The average molecular weight is 661 g/mol. The van der Waals surface area contributed by atoms with Crippen molar-refractivity contribution in [3.8, 4) is 5.75 Å². The largest absolute Gasteiger partial charge is 0.487 e. The van der Waals surface area contributed by atoms with Gasteiger partial charge in [0.05, 0.1) is 18.3 Å². The van der Waals surface area contributed by atoms with Crippen molar-refractivity contribution >= 4 is 29.6 Å². The first-order valence-electron chi connectivity index (χ1n) is 15.8. The van der Waals surface area contributed by atoms with Gasteiger partial charge < -0.3 is 36.0 Å². The summed E-state index contributed by atoms with van der Waals surface area (Å²) in [5.41, 5.74) is 1.91. The van der Waals surface area contributed by atoms with Crippen molar-refractivity contribution in [2.45, 2.75) is 76.0 Å². The van der Waals surface area contributed by atoms with Crippen LogP contribution in [0.3, 0.4) is 0 Å². The molecule has 48 heavy (non-hydrogen) atoms. The summed E-state index contributed by atoms with van der Waals surface area (Å²) in [6, 6.07) is 10.4. The van der Waals surface area contributed by atoms with Crippen molar-refractivity contribution in [3.05, 3.63) is 77.6 Å². The molecular weight excluding hydrogens is 620 g/mol. The summed E-state index contributed by atoms with van der Waals surface area (Å²) < 4.78 is 7.45. The van der Waals surface area contributed by atoms with E-state index in [0.29, 0.717) is 17.0 Å². The molecule has 15 heteroatoms. The van der Waals surface area contributed by atoms with Gasteiger partial charge in [-0.3, -0.25) is 19.2 Å². The van der Waals surface area contributed by atoms with Crippen LogP contribution < -0.4 is 26.0 Å². The van der Waals surface area contributed by atoms with Gasteiger partial charge in [0, 0.05) is 25.8 Å². The Hall–Kier alpha value is -5.31. The van der Waals surface area contributed by atoms with E-state index in [0.717, 1.165) is 5.56 Å². The molecule has 2 aromatic carbocycles. The lowest BCUT2D eigenvalue weighted by molar-refractivity contribution is -0.143. The first-order chi connectivity index (χ1) is 23.0. The van der Waals surface area contributed by atoms with Crippen LogP contribution in [-0.4, -0.2) is 98.4 Å². The zero-order chi connectivity index (χ0) is 34.4. The van der Waals surface area contributed by atoms with Gasteiger partial charge in [0.2, 0.25) is 23.6 Å². The predicted molar refractivity (Wildman–Crippen MR) is 171 cm³/mol. The number of hydrogen-bond acceptors (Lipinski definition) is 9. The fraction of sp³-hybridized carbons (Fsp3) is 0.424. The second kappa shape index (κ2) is 15.1. The van der Waals surface area contributed by atoms with Crippen LogP contribution in [0.5, 0.6) is 5.75 Å². The normalized spacial score (nSPS) is 22.6. The predicted octanol–water partition coefficient (Wildman–Crippen LogP) is -0.0353. The second-order valence-electron chi connectivity index (χ2n) is 12.1. The summed E-state index contributed by atoms with van der Waals surface area (Å²) in [5.74, 6) is -2.87. The number of carbonyl (C=O) groups is 5. The van der Waals surface area contributed by atoms with Crippen LogP contribution in [0.1, 0.15) is 43.1 Å². The maximum atomic E-state index is 14.1. The second-order valence-corrected chi connectivity index (χ2v) is 12.1. The Morgan fingerprint density at radius 3 is 2.44 bits per heavy atom. The molecule has 4 heterocycles. The van der Waals surface area contributed by atoms with Gasteiger partial charge in [0.25, 0.3) is 0 Å². The van der Waals surface area contributed by atoms with Crippen molar-refractivity contribution in [1.29, 1.82) is 0 Å². The number of nitrogens with zero attached hydrogens (tertiary/aromatic N) is 4. The molecular formula is C33H40N8O7. The number of amides is 4. The van der Waals surface area contributed by atoms with Crippen LogP contribution in [-0.2, 0) is 43.4 Å². The Kier molecular flexibility index (Phi) is 10.7. The Bertz CT molecular complexity index is 1630. The molecule has 4 amide bonds. The molecule has 6 atom stereocenters. The lowest BCUT2D eigenvalue weighted by Crippen LogP contribution is -2.58. The first-order valence-corrected chi connectivity index (χ1v) is 15.8. The van der Waals surface area contributed by atoms with Crippen LogP contribution in [0.4, 0.5) is 0 Å². The van der Waals surface area contributed by atoms with E-state index >= 15 is 0 Å². The topological polar surface area (TPSA) is 197 Å². The smallest absolute Gasteiger partial charge is 0.326 e. The van der Waals surface area contributed by atoms with Gasteiger partial charge >= 0.3 is 5.97 Å². The molecule has 0 spiro atoms. The number of carboxylic acids is 1. The van der Waals surface area contributed by atoms with Gasteiger partial charge in [-0.25, -0.2) is 9.48 Å². The Morgan fingerprint density at radius 1 is 1.02 bits per heavy atom. The quantitative estimate of drug-likeness (QED) is 0.229. The number of aliphatic carboxylic acids is 1. The van der Waals surface area contributed by atoms with E-state index in [1.165, 1.54) is 4.90 Å². The lowest BCUT2D eigenvalue weighted by atomic mass is 10.0. The molecule has 3 aliphatic heterocycles. The average Bonchev–Trinajstić information content (AvgIpc) is 3.74. The minimum Gasteiger partial charge on any atom is -0.487 e. The number of likely N-dealkylation sites (N-methyl/N-ethyl adjacent to an activating group) is 1. The highest BCUT2D eigenvalue weighted by Crippen LogP contribution is 2.28. The maximum Gasteiger partial charge on any atom is 0.326 e. The van der Waals surface area contributed by atoms with E-state index in [9.17, 15) is 29.1 Å². The molecule has 3 aliphatic rings. The number of carbonyl (C=O) groups excluding carboxylic acids is 4. The van der Waals surface area contributed by atoms with Gasteiger partial charge in [-0.2, -0.15) is 0 Å². The monoisotopic (exact) mass is 660 g/mol. The number of aromatic nitrogens is 3. The molecule has 5 N–H and O–H groups in total. The standard InChI is InChI=1S/C33H40N8O7/c1-19(34-3)29(42)35-20(2)32(45)40-17-24-15-28(40)31(44)36-26(13-21-7-5-4-6-8-21)30(43)37-27(33(46)47)14-22-9-11-25(12-10-22)48-18-23-16-41(24)39-38-23/h4-12,16,19-20,24,26-28,34H,13-15,17-18H2,1-3H3,(H,35,42)(H,36,44)(H,37,43)(H,46,47)/t19-,20-,24-,26-,27?,28-/m0/s1. The molecule has 1 unspecified atom stereocenters.